The number of nitrogens with one attached hydrogen (secondary N) is 4. The van der Waals surface area contributed by atoms with Crippen LogP contribution in [0, 0.1) is 0 Å². The van der Waals surface area contributed by atoms with E-state index in [1.54, 1.807) is 42.5 Å². The Hall–Kier alpha value is -4.98. The number of aromatic hydroxyl groups is 1. The van der Waals surface area contributed by atoms with Gasteiger partial charge in [0.25, 0.3) is 0 Å². The third-order valence-electron chi connectivity index (χ3n) is 6.02. The van der Waals surface area contributed by atoms with Crippen LogP contribution in [0.5, 0.6) is 5.75 Å². The molecule has 42 heavy (non-hydrogen) atoms. The number of amides is 4. The fraction of sp³-hybridized carbons (Fsp3) is 0.357. The zero-order valence-corrected chi connectivity index (χ0v) is 23.2. The van der Waals surface area contributed by atoms with Gasteiger partial charge in [-0.05, 0) is 36.6 Å². The van der Waals surface area contributed by atoms with E-state index in [1.165, 1.54) is 19.1 Å². The van der Waals surface area contributed by atoms with Gasteiger partial charge in [-0.3, -0.25) is 24.0 Å². The predicted octanol–water partition coefficient (Wildman–Crippen LogP) is -1.26. The smallest absolute Gasteiger partial charge is 0.328 e. The van der Waals surface area contributed by atoms with Crippen molar-refractivity contribution < 1.29 is 43.7 Å². The summed E-state index contributed by atoms with van der Waals surface area (Å²) < 4.78 is 4.56. The molecule has 0 saturated heterocycles. The van der Waals surface area contributed by atoms with E-state index in [1.807, 2.05) is 0 Å². The number of hydrogen-bond donors (Lipinski definition) is 7. The number of methoxy groups -OCH3 is 1. The molecule has 4 amide bonds. The molecule has 0 aromatic heterocycles. The number of ether oxygens (including phenoxy) is 1. The molecule has 2 aromatic carbocycles. The van der Waals surface area contributed by atoms with Crippen LogP contribution in [0.2, 0.25) is 0 Å². The van der Waals surface area contributed by atoms with Crippen LogP contribution in [-0.2, 0) is 46.3 Å². The van der Waals surface area contributed by atoms with E-state index in [0.717, 1.165) is 7.11 Å². The normalized spacial score (nSPS) is 13.4. The number of carboxylic acid groups (broad SMARTS) is 1. The SMILES string of the molecule is COC(=O)[C@H](CC(=O)O)NC(=O)[C@H](Cc1ccccc1)NC(=O)CNC(=O)[C@@H](C)NC(=O)[C@@H](N)Cc1ccc(O)cc1. The quantitative estimate of drug-likeness (QED) is 0.123. The number of aliphatic carboxylic acids is 1. The number of benzene rings is 2. The Kier molecular flexibility index (Phi) is 12.9. The van der Waals surface area contributed by atoms with Crippen LogP contribution >= 0.6 is 0 Å². The van der Waals surface area contributed by atoms with Crippen LogP contribution in [0.25, 0.3) is 0 Å². The van der Waals surface area contributed by atoms with E-state index in [0.29, 0.717) is 11.1 Å². The van der Waals surface area contributed by atoms with E-state index in [9.17, 15) is 33.9 Å². The van der Waals surface area contributed by atoms with E-state index in [4.69, 9.17) is 10.8 Å². The van der Waals surface area contributed by atoms with E-state index in [-0.39, 0.29) is 18.6 Å². The standard InChI is InChI=1S/C28H35N5O9/c1-16(31-26(39)20(29)12-18-8-10-19(34)11-9-18)25(38)30-15-23(35)32-21(13-17-6-4-3-5-7-17)27(40)33-22(14-24(36)37)28(41)42-2/h3-11,16,20-22,34H,12-15,29H2,1-2H3,(H,30,38)(H,31,39)(H,32,35)(H,33,40)(H,36,37)/t16-,20+,21+,22+/m1/s1. The molecule has 0 heterocycles. The summed E-state index contributed by atoms with van der Waals surface area (Å²) in [5.41, 5.74) is 7.29. The van der Waals surface area contributed by atoms with Gasteiger partial charge in [0.15, 0.2) is 0 Å². The molecule has 0 radical (unpaired) electrons. The lowest BCUT2D eigenvalue weighted by Crippen LogP contribution is -2.55. The van der Waals surface area contributed by atoms with Crippen molar-refractivity contribution in [3.8, 4) is 5.75 Å². The van der Waals surface area contributed by atoms with Gasteiger partial charge in [0.2, 0.25) is 23.6 Å². The number of carbonyl (C=O) groups excluding carboxylic acids is 5. The van der Waals surface area contributed by atoms with Gasteiger partial charge in [-0.2, -0.15) is 0 Å². The molecule has 8 N–H and O–H groups in total. The Bertz CT molecular complexity index is 1250. The van der Waals surface area contributed by atoms with Crippen molar-refractivity contribution in [2.75, 3.05) is 13.7 Å². The maximum Gasteiger partial charge on any atom is 0.328 e. The van der Waals surface area contributed by atoms with Crippen LogP contribution in [0.3, 0.4) is 0 Å². The summed E-state index contributed by atoms with van der Waals surface area (Å²) in [6, 6.07) is 10.0. The van der Waals surface area contributed by atoms with Gasteiger partial charge in [-0.25, -0.2) is 4.79 Å². The minimum absolute atomic E-state index is 0.00129. The second kappa shape index (κ2) is 16.3. The third-order valence-corrected chi connectivity index (χ3v) is 6.02. The predicted molar refractivity (Wildman–Crippen MR) is 149 cm³/mol. The monoisotopic (exact) mass is 585 g/mol. The number of carboxylic acids is 1. The molecule has 0 aliphatic heterocycles. The molecule has 0 saturated carbocycles. The summed E-state index contributed by atoms with van der Waals surface area (Å²) in [5, 5.41) is 28.0. The van der Waals surface area contributed by atoms with Crippen LogP contribution in [0.15, 0.2) is 54.6 Å². The number of phenols is 1. The molecule has 2 rings (SSSR count). The average Bonchev–Trinajstić information content (AvgIpc) is 2.96. The molecule has 0 unspecified atom stereocenters. The first-order valence-electron chi connectivity index (χ1n) is 12.9. The van der Waals surface area contributed by atoms with Gasteiger partial charge in [-0.1, -0.05) is 42.5 Å². The lowest BCUT2D eigenvalue weighted by molar-refractivity contribution is -0.149. The topological polar surface area (TPSA) is 226 Å². The van der Waals surface area contributed by atoms with E-state index in [2.05, 4.69) is 26.0 Å². The summed E-state index contributed by atoms with van der Waals surface area (Å²) >= 11 is 0. The van der Waals surface area contributed by atoms with Crippen molar-refractivity contribution >= 4 is 35.6 Å². The molecule has 14 heteroatoms. The third kappa shape index (κ3) is 11.3. The molecule has 0 aliphatic rings. The number of phenolic OH excluding ortho intramolecular Hbond substituents is 1. The van der Waals surface area contributed by atoms with Crippen molar-refractivity contribution in [3.05, 3.63) is 65.7 Å². The Morgan fingerprint density at radius 3 is 2.02 bits per heavy atom. The lowest BCUT2D eigenvalue weighted by Gasteiger charge is -2.22. The van der Waals surface area contributed by atoms with Crippen molar-refractivity contribution in [2.24, 2.45) is 5.73 Å². The van der Waals surface area contributed by atoms with E-state index < -0.39 is 72.7 Å². The molecule has 2 aromatic rings. The van der Waals surface area contributed by atoms with Crippen molar-refractivity contribution in [2.45, 2.75) is 50.4 Å². The van der Waals surface area contributed by atoms with Crippen molar-refractivity contribution in [3.63, 3.8) is 0 Å². The largest absolute Gasteiger partial charge is 0.508 e. The fourth-order valence-electron chi connectivity index (χ4n) is 3.77. The molecule has 0 fully saturated rings. The summed E-state index contributed by atoms with van der Waals surface area (Å²) in [4.78, 5) is 73.7. The summed E-state index contributed by atoms with van der Waals surface area (Å²) in [6.07, 6.45) is -0.571. The van der Waals surface area contributed by atoms with Crippen molar-refractivity contribution in [1.82, 2.24) is 21.3 Å². The second-order valence-electron chi connectivity index (χ2n) is 9.42. The van der Waals surface area contributed by atoms with Crippen LogP contribution < -0.4 is 27.0 Å². The first-order chi connectivity index (χ1) is 19.9. The minimum atomic E-state index is -1.49. The van der Waals surface area contributed by atoms with Crippen molar-refractivity contribution in [1.29, 1.82) is 0 Å². The molecule has 0 bridgehead atoms. The number of nitrogens with two attached hydrogens (primary N) is 1. The number of esters is 1. The second-order valence-corrected chi connectivity index (χ2v) is 9.42. The maximum atomic E-state index is 13.0. The highest BCUT2D eigenvalue weighted by atomic mass is 16.5. The van der Waals surface area contributed by atoms with Gasteiger partial charge in [0.05, 0.1) is 26.1 Å². The lowest BCUT2D eigenvalue weighted by atomic mass is 10.0. The Morgan fingerprint density at radius 1 is 0.810 bits per heavy atom. The highest BCUT2D eigenvalue weighted by molar-refractivity contribution is 5.94. The molecule has 0 spiro atoms. The highest BCUT2D eigenvalue weighted by Gasteiger charge is 2.29. The zero-order valence-electron chi connectivity index (χ0n) is 23.2. The van der Waals surface area contributed by atoms with Gasteiger partial charge >= 0.3 is 11.9 Å². The molecule has 4 atom stereocenters. The minimum Gasteiger partial charge on any atom is -0.508 e. The Labute approximate surface area is 242 Å². The summed E-state index contributed by atoms with van der Waals surface area (Å²) in [5.74, 6) is -5.13. The first-order valence-corrected chi connectivity index (χ1v) is 12.9. The maximum absolute atomic E-state index is 13.0. The van der Waals surface area contributed by atoms with E-state index >= 15 is 0 Å². The molecular weight excluding hydrogens is 550 g/mol. The van der Waals surface area contributed by atoms with Gasteiger partial charge in [-0.15, -0.1) is 0 Å². The fourth-order valence-corrected chi connectivity index (χ4v) is 3.77. The zero-order chi connectivity index (χ0) is 31.2. The van der Waals surface area contributed by atoms with Crippen LogP contribution in [0.4, 0.5) is 0 Å². The van der Waals surface area contributed by atoms with Crippen LogP contribution in [-0.4, -0.2) is 83.6 Å². The number of hydrogen-bond acceptors (Lipinski definition) is 9. The Morgan fingerprint density at radius 2 is 1.43 bits per heavy atom. The van der Waals surface area contributed by atoms with Gasteiger partial charge in [0, 0.05) is 6.42 Å². The summed E-state index contributed by atoms with van der Waals surface area (Å²) in [7, 11) is 1.04. The number of rotatable bonds is 15. The molecular formula is C28H35N5O9. The van der Waals surface area contributed by atoms with Crippen LogP contribution in [0.1, 0.15) is 24.5 Å². The molecule has 0 aliphatic carbocycles. The summed E-state index contributed by atoms with van der Waals surface area (Å²) in [6.45, 7) is 0.853. The highest BCUT2D eigenvalue weighted by Crippen LogP contribution is 2.11. The molecule has 14 nitrogen and oxygen atoms in total. The number of carbonyl (C=O) groups is 6. The van der Waals surface area contributed by atoms with Gasteiger partial charge in [0.1, 0.15) is 23.9 Å². The average molecular weight is 586 g/mol. The Balaban J connectivity index is 1.96. The van der Waals surface area contributed by atoms with Gasteiger partial charge < -0.3 is 42.0 Å². The first kappa shape index (κ1) is 33.2. The molecule has 226 valence electrons.